The predicted molar refractivity (Wildman–Crippen MR) is 90.9 cm³/mol. The minimum atomic E-state index is -0.666. The first-order chi connectivity index (χ1) is 12.7. The molecule has 8 heteroatoms. The van der Waals surface area contributed by atoms with Crippen LogP contribution in [0.4, 0.5) is 0 Å². The third-order valence-corrected chi connectivity index (χ3v) is 3.51. The second kappa shape index (κ2) is 9.60. The maximum absolute atomic E-state index is 12.1. The fourth-order valence-corrected chi connectivity index (χ4v) is 2.18. The van der Waals surface area contributed by atoms with Crippen molar-refractivity contribution in [1.29, 1.82) is 10.5 Å². The third kappa shape index (κ3) is 5.18. The van der Waals surface area contributed by atoms with E-state index in [0.717, 1.165) is 5.69 Å². The average Bonchev–Trinajstić information content (AvgIpc) is 3.17. The van der Waals surface area contributed by atoms with Crippen molar-refractivity contribution < 1.29 is 14.3 Å². The lowest BCUT2D eigenvalue weighted by molar-refractivity contribution is -0.134. The Labute approximate surface area is 150 Å². The number of amides is 1. The number of carbonyl (C=O) groups is 2. The smallest absolute Gasteiger partial charge is 0.341 e. The zero-order valence-corrected chi connectivity index (χ0v) is 14.0. The quantitative estimate of drug-likeness (QED) is 0.669. The molecule has 1 amide bonds. The van der Waals surface area contributed by atoms with Crippen LogP contribution in [0, 0.1) is 22.7 Å². The van der Waals surface area contributed by atoms with Crippen molar-refractivity contribution in [3.8, 4) is 17.8 Å². The first-order valence-corrected chi connectivity index (χ1v) is 7.94. The van der Waals surface area contributed by atoms with Gasteiger partial charge in [0.15, 0.2) is 6.61 Å². The van der Waals surface area contributed by atoms with Gasteiger partial charge in [-0.2, -0.15) is 15.6 Å². The Morgan fingerprint density at radius 2 is 1.77 bits per heavy atom. The SMILES string of the molecule is N#CCCN(CCC#N)C(=O)COC(=O)c1cnn(-c2ccccc2)c1. The molecule has 8 nitrogen and oxygen atoms in total. The molecule has 1 heterocycles. The van der Waals surface area contributed by atoms with Crippen LogP contribution >= 0.6 is 0 Å². The molecule has 0 aliphatic carbocycles. The number of carbonyl (C=O) groups excluding carboxylic acids is 2. The number of aromatic nitrogens is 2. The molecule has 132 valence electrons. The van der Waals surface area contributed by atoms with Crippen molar-refractivity contribution >= 4 is 11.9 Å². The summed E-state index contributed by atoms with van der Waals surface area (Å²) in [7, 11) is 0. The fourth-order valence-electron chi connectivity index (χ4n) is 2.18. The van der Waals surface area contributed by atoms with Crippen molar-refractivity contribution in [1.82, 2.24) is 14.7 Å². The van der Waals surface area contributed by atoms with E-state index in [4.69, 9.17) is 15.3 Å². The Bertz CT molecular complexity index is 815. The summed E-state index contributed by atoms with van der Waals surface area (Å²) in [5, 5.41) is 21.4. The monoisotopic (exact) mass is 351 g/mol. The summed E-state index contributed by atoms with van der Waals surface area (Å²) >= 11 is 0. The highest BCUT2D eigenvalue weighted by molar-refractivity contribution is 5.90. The second-order valence-electron chi connectivity index (χ2n) is 5.28. The van der Waals surface area contributed by atoms with Gasteiger partial charge < -0.3 is 9.64 Å². The second-order valence-corrected chi connectivity index (χ2v) is 5.28. The Balaban J connectivity index is 1.93. The van der Waals surface area contributed by atoms with E-state index in [1.54, 1.807) is 0 Å². The van der Waals surface area contributed by atoms with Crippen LogP contribution < -0.4 is 0 Å². The molecule has 0 aliphatic heterocycles. The number of ether oxygens (including phenoxy) is 1. The normalized spacial score (nSPS) is 9.77. The van der Waals surface area contributed by atoms with E-state index in [1.165, 1.54) is 22.0 Å². The number of para-hydroxylation sites is 1. The molecular weight excluding hydrogens is 334 g/mol. The zero-order chi connectivity index (χ0) is 18.8. The van der Waals surface area contributed by atoms with Crippen molar-refractivity contribution in [3.63, 3.8) is 0 Å². The zero-order valence-electron chi connectivity index (χ0n) is 14.0. The summed E-state index contributed by atoms with van der Waals surface area (Å²) in [6, 6.07) is 13.1. The van der Waals surface area contributed by atoms with Crippen molar-refractivity contribution in [2.24, 2.45) is 0 Å². The standard InChI is InChI=1S/C18H17N5O3/c19-8-4-10-22(11-5-9-20)17(24)14-26-18(25)15-12-21-23(13-15)16-6-2-1-3-7-16/h1-3,6-7,12-13H,4-5,10-11,14H2. The van der Waals surface area contributed by atoms with Gasteiger partial charge in [-0.1, -0.05) is 18.2 Å². The van der Waals surface area contributed by atoms with Crippen LogP contribution in [0.3, 0.4) is 0 Å². The van der Waals surface area contributed by atoms with E-state index in [2.05, 4.69) is 5.10 Å². The Hall–Kier alpha value is -3.65. The molecule has 0 saturated heterocycles. The van der Waals surface area contributed by atoms with Gasteiger partial charge in [-0.05, 0) is 12.1 Å². The van der Waals surface area contributed by atoms with Crippen LogP contribution in [-0.2, 0) is 9.53 Å². The third-order valence-electron chi connectivity index (χ3n) is 3.51. The van der Waals surface area contributed by atoms with Crippen molar-refractivity contribution in [3.05, 3.63) is 48.3 Å². The summed E-state index contributed by atoms with van der Waals surface area (Å²) in [4.78, 5) is 25.6. The highest BCUT2D eigenvalue weighted by Crippen LogP contribution is 2.09. The molecule has 2 aromatic rings. The lowest BCUT2D eigenvalue weighted by Gasteiger charge is -2.19. The van der Waals surface area contributed by atoms with Crippen molar-refractivity contribution in [2.75, 3.05) is 19.7 Å². The minimum absolute atomic E-state index is 0.148. The maximum Gasteiger partial charge on any atom is 0.341 e. The van der Waals surface area contributed by atoms with E-state index < -0.39 is 18.5 Å². The number of hydrogen-bond acceptors (Lipinski definition) is 6. The molecule has 26 heavy (non-hydrogen) atoms. The summed E-state index contributed by atoms with van der Waals surface area (Å²) in [6.45, 7) is -0.0623. The topological polar surface area (TPSA) is 112 Å². The molecule has 0 spiro atoms. The predicted octanol–water partition coefficient (Wildman–Crippen LogP) is 1.69. The molecule has 0 atom stereocenters. The van der Waals surface area contributed by atoms with Crippen LogP contribution in [0.1, 0.15) is 23.2 Å². The number of benzene rings is 1. The lowest BCUT2D eigenvalue weighted by Crippen LogP contribution is -2.36. The largest absolute Gasteiger partial charge is 0.452 e. The van der Waals surface area contributed by atoms with Crippen LogP contribution in [0.15, 0.2) is 42.7 Å². The van der Waals surface area contributed by atoms with Gasteiger partial charge >= 0.3 is 5.97 Å². The highest BCUT2D eigenvalue weighted by atomic mass is 16.5. The molecule has 0 saturated carbocycles. The van der Waals surface area contributed by atoms with E-state index in [9.17, 15) is 9.59 Å². The summed E-state index contributed by atoms with van der Waals surface area (Å²) < 4.78 is 6.56. The highest BCUT2D eigenvalue weighted by Gasteiger charge is 2.17. The van der Waals surface area contributed by atoms with Crippen LogP contribution in [0.2, 0.25) is 0 Å². The van der Waals surface area contributed by atoms with Gasteiger partial charge in [-0.3, -0.25) is 4.79 Å². The molecule has 0 fully saturated rings. The first kappa shape index (κ1) is 18.7. The molecule has 2 rings (SSSR count). The molecule has 1 aromatic heterocycles. The van der Waals surface area contributed by atoms with Crippen LogP contribution in [-0.4, -0.2) is 46.3 Å². The summed E-state index contributed by atoms with van der Waals surface area (Å²) in [5.41, 5.74) is 1.02. The van der Waals surface area contributed by atoms with Crippen LogP contribution in [0.5, 0.6) is 0 Å². The first-order valence-electron chi connectivity index (χ1n) is 7.94. The van der Waals surface area contributed by atoms with Gasteiger partial charge in [0.25, 0.3) is 5.91 Å². The molecule has 0 aliphatic rings. The molecule has 1 aromatic carbocycles. The molecule has 0 N–H and O–H groups in total. The molecule has 0 radical (unpaired) electrons. The number of nitrogens with zero attached hydrogens (tertiary/aromatic N) is 5. The Morgan fingerprint density at radius 3 is 2.38 bits per heavy atom. The van der Waals surface area contributed by atoms with Crippen molar-refractivity contribution in [2.45, 2.75) is 12.8 Å². The van der Waals surface area contributed by atoms with Gasteiger partial charge in [0.1, 0.15) is 0 Å². The van der Waals surface area contributed by atoms with E-state index in [1.807, 2.05) is 42.5 Å². The minimum Gasteiger partial charge on any atom is -0.452 e. The average molecular weight is 351 g/mol. The fraction of sp³-hybridized carbons (Fsp3) is 0.278. The van der Waals surface area contributed by atoms with Gasteiger partial charge in [0, 0.05) is 19.3 Å². The van der Waals surface area contributed by atoms with Gasteiger partial charge in [-0.15, -0.1) is 0 Å². The molecule has 0 bridgehead atoms. The number of esters is 1. The van der Waals surface area contributed by atoms with E-state index in [0.29, 0.717) is 0 Å². The number of nitriles is 2. The van der Waals surface area contributed by atoms with Gasteiger partial charge in [0.2, 0.25) is 0 Å². The lowest BCUT2D eigenvalue weighted by atomic mass is 10.3. The van der Waals surface area contributed by atoms with Gasteiger partial charge in [0.05, 0.1) is 42.4 Å². The Kier molecular flexibility index (Phi) is 6.90. The van der Waals surface area contributed by atoms with Crippen LogP contribution in [0.25, 0.3) is 5.69 Å². The van der Waals surface area contributed by atoms with E-state index >= 15 is 0 Å². The number of hydrogen-bond donors (Lipinski definition) is 0. The maximum atomic E-state index is 12.1. The molecular formula is C18H17N5O3. The number of rotatable bonds is 8. The van der Waals surface area contributed by atoms with Gasteiger partial charge in [-0.25, -0.2) is 9.48 Å². The summed E-state index contributed by atoms with van der Waals surface area (Å²) in [6.07, 6.45) is 3.18. The Morgan fingerprint density at radius 1 is 1.12 bits per heavy atom. The summed E-state index contributed by atoms with van der Waals surface area (Å²) in [5.74, 6) is -1.11. The molecule has 0 unspecified atom stereocenters. The van der Waals surface area contributed by atoms with E-state index in [-0.39, 0.29) is 31.5 Å².